The number of hydrogen-bond donors (Lipinski definition) is 3. The highest BCUT2D eigenvalue weighted by atomic mass is 35.5. The monoisotopic (exact) mass is 478 g/mol. The highest BCUT2D eigenvalue weighted by molar-refractivity contribution is 6.31. The normalized spacial score (nSPS) is 11.9. The lowest BCUT2D eigenvalue weighted by Gasteiger charge is -2.16. The Morgan fingerprint density at radius 1 is 1.21 bits per heavy atom. The van der Waals surface area contributed by atoms with Gasteiger partial charge in [0, 0.05) is 29.4 Å². The van der Waals surface area contributed by atoms with Crippen LogP contribution in [0.2, 0.25) is 5.02 Å². The number of halogens is 2. The molecule has 34 heavy (non-hydrogen) atoms. The number of benzene rings is 2. The maximum Gasteiger partial charge on any atom is 0.268 e. The van der Waals surface area contributed by atoms with E-state index in [0.717, 1.165) is 27.8 Å². The van der Waals surface area contributed by atoms with Gasteiger partial charge in [-0.1, -0.05) is 47.5 Å². The fourth-order valence-corrected chi connectivity index (χ4v) is 3.94. The van der Waals surface area contributed by atoms with Crippen molar-refractivity contribution in [3.8, 4) is 11.3 Å². The van der Waals surface area contributed by atoms with E-state index in [1.54, 1.807) is 24.5 Å². The summed E-state index contributed by atoms with van der Waals surface area (Å²) in [6.45, 7) is 3.62. The average Bonchev–Trinajstić information content (AvgIpc) is 3.30. The van der Waals surface area contributed by atoms with Crippen LogP contribution < -0.4 is 5.32 Å². The maximum atomic E-state index is 13.3. The molecule has 174 valence electrons. The summed E-state index contributed by atoms with van der Waals surface area (Å²) in [6, 6.07) is 13.1. The number of amides is 1. The van der Waals surface area contributed by atoms with E-state index in [9.17, 15) is 14.3 Å². The van der Waals surface area contributed by atoms with Crippen molar-refractivity contribution in [3.63, 3.8) is 0 Å². The third kappa shape index (κ3) is 5.32. The number of carbonyl (C=O) groups excluding carboxylic acids is 1. The lowest BCUT2D eigenvalue weighted by Crippen LogP contribution is -2.31. The van der Waals surface area contributed by atoms with Gasteiger partial charge in [-0.15, -0.1) is 0 Å². The number of rotatable bonds is 7. The number of aromatic nitrogens is 3. The number of H-pyrrole nitrogens is 1. The fraction of sp³-hybridized carbons (Fsp3) is 0.192. The molecular formula is C26H24ClFN4O2. The van der Waals surface area contributed by atoms with Gasteiger partial charge < -0.3 is 15.4 Å². The summed E-state index contributed by atoms with van der Waals surface area (Å²) >= 11 is 6.15. The van der Waals surface area contributed by atoms with Crippen LogP contribution in [0.15, 0.2) is 60.9 Å². The van der Waals surface area contributed by atoms with Crippen molar-refractivity contribution in [3.05, 3.63) is 106 Å². The molecule has 0 aliphatic carbocycles. The van der Waals surface area contributed by atoms with Gasteiger partial charge in [0.1, 0.15) is 17.3 Å². The molecule has 2 heterocycles. The minimum atomic E-state index is -0.521. The van der Waals surface area contributed by atoms with Crippen molar-refractivity contribution < 1.29 is 14.3 Å². The predicted molar refractivity (Wildman–Crippen MR) is 129 cm³/mol. The van der Waals surface area contributed by atoms with Crippen molar-refractivity contribution in [2.24, 2.45) is 0 Å². The zero-order valence-corrected chi connectivity index (χ0v) is 19.5. The van der Waals surface area contributed by atoms with Gasteiger partial charge in [-0.25, -0.2) is 14.4 Å². The second-order valence-corrected chi connectivity index (χ2v) is 8.56. The van der Waals surface area contributed by atoms with E-state index >= 15 is 0 Å². The first-order valence-electron chi connectivity index (χ1n) is 10.8. The van der Waals surface area contributed by atoms with Crippen LogP contribution in [0.5, 0.6) is 0 Å². The van der Waals surface area contributed by atoms with Crippen LogP contribution in [0.4, 0.5) is 4.39 Å². The molecule has 1 unspecified atom stereocenters. The molecule has 0 aliphatic heterocycles. The summed E-state index contributed by atoms with van der Waals surface area (Å²) in [6.07, 6.45) is 3.76. The SMILES string of the molecule is Cc1cccc(C(CO)NC(=O)c2cc(-c3nc(Cc4ccc(F)cc4Cl)ncc3C)c[nH]2)c1. The molecule has 0 radical (unpaired) electrons. The number of aryl methyl sites for hydroxylation is 2. The predicted octanol–water partition coefficient (Wildman–Crippen LogP) is 4.94. The average molecular weight is 479 g/mol. The number of nitrogens with zero attached hydrogens (tertiary/aromatic N) is 2. The topological polar surface area (TPSA) is 90.9 Å². The van der Waals surface area contributed by atoms with Gasteiger partial charge >= 0.3 is 0 Å². The van der Waals surface area contributed by atoms with E-state index < -0.39 is 11.9 Å². The second-order valence-electron chi connectivity index (χ2n) is 8.16. The first kappa shape index (κ1) is 23.6. The molecule has 2 aromatic heterocycles. The summed E-state index contributed by atoms with van der Waals surface area (Å²) in [4.78, 5) is 24.9. The van der Waals surface area contributed by atoms with E-state index in [1.165, 1.54) is 12.1 Å². The van der Waals surface area contributed by atoms with Crippen LogP contribution in [0.3, 0.4) is 0 Å². The van der Waals surface area contributed by atoms with E-state index in [1.807, 2.05) is 38.1 Å². The van der Waals surface area contributed by atoms with Gasteiger partial charge in [0.2, 0.25) is 0 Å². The van der Waals surface area contributed by atoms with Crippen molar-refractivity contribution in [1.29, 1.82) is 0 Å². The van der Waals surface area contributed by atoms with E-state index in [0.29, 0.717) is 28.7 Å². The Bertz CT molecular complexity index is 1340. The molecular weight excluding hydrogens is 455 g/mol. The van der Waals surface area contributed by atoms with Gasteiger partial charge in [-0.2, -0.15) is 0 Å². The molecule has 0 fully saturated rings. The smallest absolute Gasteiger partial charge is 0.268 e. The van der Waals surface area contributed by atoms with E-state index in [2.05, 4.69) is 20.3 Å². The Kier molecular flexibility index (Phi) is 7.05. The standard InChI is InChI=1S/C26H24ClFN4O2/c1-15-4-3-5-18(8-15)23(14-33)31-26(34)22-9-19(13-29-22)25-16(2)12-30-24(32-25)10-17-6-7-20(28)11-21(17)27/h3-9,11-13,23,29,33H,10,14H2,1-2H3,(H,31,34). The summed E-state index contributed by atoms with van der Waals surface area (Å²) in [5.74, 6) is -0.207. The molecule has 4 rings (SSSR count). The second kappa shape index (κ2) is 10.2. The Labute approximate surface area is 201 Å². The molecule has 4 aromatic rings. The minimum Gasteiger partial charge on any atom is -0.394 e. The number of nitrogens with one attached hydrogen (secondary N) is 2. The molecule has 1 amide bonds. The highest BCUT2D eigenvalue weighted by Crippen LogP contribution is 2.24. The Morgan fingerprint density at radius 2 is 2.03 bits per heavy atom. The quantitative estimate of drug-likeness (QED) is 0.351. The molecule has 2 aromatic carbocycles. The first-order valence-corrected chi connectivity index (χ1v) is 11.2. The molecule has 8 heteroatoms. The van der Waals surface area contributed by atoms with Crippen LogP contribution in [0.25, 0.3) is 11.3 Å². The van der Waals surface area contributed by atoms with Crippen LogP contribution in [0.1, 0.15) is 44.6 Å². The van der Waals surface area contributed by atoms with Crippen molar-refractivity contribution in [2.75, 3.05) is 6.61 Å². The number of aliphatic hydroxyl groups excluding tert-OH is 1. The number of carbonyl (C=O) groups is 1. The van der Waals surface area contributed by atoms with Crippen molar-refractivity contribution >= 4 is 17.5 Å². The summed E-state index contributed by atoms with van der Waals surface area (Å²) in [5, 5.41) is 13.0. The number of hydrogen-bond acceptors (Lipinski definition) is 4. The highest BCUT2D eigenvalue weighted by Gasteiger charge is 2.18. The maximum absolute atomic E-state index is 13.3. The fourth-order valence-electron chi connectivity index (χ4n) is 3.71. The molecule has 3 N–H and O–H groups in total. The largest absolute Gasteiger partial charge is 0.394 e. The van der Waals surface area contributed by atoms with Crippen molar-refractivity contribution in [2.45, 2.75) is 26.3 Å². The molecule has 0 aliphatic rings. The number of aromatic amines is 1. The zero-order valence-electron chi connectivity index (χ0n) is 18.8. The van der Waals surface area contributed by atoms with Crippen LogP contribution >= 0.6 is 11.6 Å². The van der Waals surface area contributed by atoms with Gasteiger partial charge in [-0.3, -0.25) is 4.79 Å². The van der Waals surface area contributed by atoms with Crippen molar-refractivity contribution in [1.82, 2.24) is 20.3 Å². The molecule has 0 bridgehead atoms. The Balaban J connectivity index is 1.54. The van der Waals surface area contributed by atoms with Gasteiger partial charge in [0.25, 0.3) is 5.91 Å². The lowest BCUT2D eigenvalue weighted by atomic mass is 10.0. The Hall–Kier alpha value is -3.55. The summed E-state index contributed by atoms with van der Waals surface area (Å²) in [7, 11) is 0. The third-order valence-corrected chi connectivity index (χ3v) is 5.87. The first-order chi connectivity index (χ1) is 16.3. The minimum absolute atomic E-state index is 0.219. The van der Waals surface area contributed by atoms with Crippen LogP contribution in [0, 0.1) is 19.7 Å². The number of aliphatic hydroxyl groups is 1. The van der Waals surface area contributed by atoms with E-state index in [4.69, 9.17) is 11.6 Å². The summed E-state index contributed by atoms with van der Waals surface area (Å²) in [5.41, 5.74) is 5.19. The van der Waals surface area contributed by atoms with Gasteiger partial charge in [0.15, 0.2) is 0 Å². The molecule has 6 nitrogen and oxygen atoms in total. The Morgan fingerprint density at radius 3 is 2.76 bits per heavy atom. The third-order valence-electron chi connectivity index (χ3n) is 5.52. The lowest BCUT2D eigenvalue weighted by molar-refractivity contribution is 0.0911. The van der Waals surface area contributed by atoms with Gasteiger partial charge in [-0.05, 0) is 48.7 Å². The summed E-state index contributed by atoms with van der Waals surface area (Å²) < 4.78 is 13.3. The van der Waals surface area contributed by atoms with E-state index in [-0.39, 0.29) is 12.5 Å². The molecule has 0 spiro atoms. The molecule has 0 saturated heterocycles. The molecule has 0 saturated carbocycles. The zero-order chi connectivity index (χ0) is 24.2. The van der Waals surface area contributed by atoms with Crippen LogP contribution in [-0.4, -0.2) is 32.6 Å². The van der Waals surface area contributed by atoms with Gasteiger partial charge in [0.05, 0.1) is 18.3 Å². The molecule has 1 atom stereocenters. The van der Waals surface area contributed by atoms with Crippen LogP contribution in [-0.2, 0) is 6.42 Å².